The SMILES string of the molecule is CCCCCCCCC1(CCCCCCCC)c2cc(-c3ccc(-c4ccc(C)s4)s3)ccc2-c2ccc(-c3ccc(-c4ccc(-c5ccc6c(c5)C(c5ccc(CCCCCC)cc5)(c5ccc(-c7nc(SC(C)(C)C)nc(SC(C)(C)C)n7)cc5)c5cc(C)ccc5-6)s4)s3)cc21. The Morgan fingerprint density at radius 3 is 1.18 bits per heavy atom. The highest BCUT2D eigenvalue weighted by Gasteiger charge is 2.47. The van der Waals surface area contributed by atoms with Crippen LogP contribution in [0.4, 0.5) is 0 Å². The molecule has 0 saturated heterocycles. The molecule has 2 aliphatic carbocycles. The summed E-state index contributed by atoms with van der Waals surface area (Å²) < 4.78 is -0.111. The molecule has 0 saturated carbocycles. The van der Waals surface area contributed by atoms with Gasteiger partial charge in [0.05, 0.1) is 5.41 Å². The van der Waals surface area contributed by atoms with E-state index in [9.17, 15) is 0 Å². The molecule has 2 aliphatic rings. The molecule has 5 heterocycles. The zero-order valence-electron chi connectivity index (χ0n) is 59.9. The van der Waals surface area contributed by atoms with E-state index >= 15 is 0 Å². The maximum atomic E-state index is 5.14. The molecule has 0 amide bonds. The summed E-state index contributed by atoms with van der Waals surface area (Å²) in [5.41, 5.74) is 20.8. The number of unbranched alkanes of at least 4 members (excludes halogenated alkanes) is 13. The summed E-state index contributed by atoms with van der Waals surface area (Å²) in [6, 6.07) is 67.5. The molecule has 13 rings (SSSR count). The van der Waals surface area contributed by atoms with Crippen LogP contribution in [0.1, 0.15) is 227 Å². The third-order valence-corrected chi connectivity index (χ3v) is 26.9. The fraction of sp³-hybridized carbons (Fsp3) is 0.382. The number of thiophene rings is 4. The van der Waals surface area contributed by atoms with Gasteiger partial charge in [-0.05, 0) is 184 Å². The normalized spacial score (nSPS) is 14.6. The van der Waals surface area contributed by atoms with E-state index in [-0.39, 0.29) is 14.9 Å². The number of aromatic nitrogens is 3. The predicted octanol–water partition coefficient (Wildman–Crippen LogP) is 28.8. The van der Waals surface area contributed by atoms with Crippen LogP contribution >= 0.6 is 68.9 Å². The highest BCUT2D eigenvalue weighted by atomic mass is 32.2. The lowest BCUT2D eigenvalue weighted by atomic mass is 9.67. The minimum Gasteiger partial charge on any atom is -0.202 e. The van der Waals surface area contributed by atoms with E-state index in [1.165, 1.54) is 227 Å². The fourth-order valence-electron chi connectivity index (χ4n) is 15.4. The number of benzene rings is 6. The van der Waals surface area contributed by atoms with Gasteiger partial charge in [0.2, 0.25) is 0 Å². The molecule has 0 radical (unpaired) electrons. The van der Waals surface area contributed by atoms with Crippen molar-refractivity contribution in [2.75, 3.05) is 0 Å². The first kappa shape index (κ1) is 70.3. The van der Waals surface area contributed by atoms with Gasteiger partial charge in [-0.25, -0.2) is 9.97 Å². The monoisotopic (exact) mass is 1400 g/mol. The van der Waals surface area contributed by atoms with Crippen LogP contribution in [0.25, 0.3) is 84.5 Å². The van der Waals surface area contributed by atoms with E-state index in [1.807, 2.05) is 45.3 Å². The Morgan fingerprint density at radius 2 is 0.724 bits per heavy atom. The number of nitrogens with zero attached hydrogens (tertiary/aromatic N) is 3. The van der Waals surface area contributed by atoms with Crippen molar-refractivity contribution >= 4 is 68.9 Å². The minimum absolute atomic E-state index is 0.0331. The van der Waals surface area contributed by atoms with Crippen molar-refractivity contribution in [2.24, 2.45) is 0 Å². The van der Waals surface area contributed by atoms with Gasteiger partial charge in [0, 0.05) is 59.5 Å². The summed E-state index contributed by atoms with van der Waals surface area (Å²) in [4.78, 5) is 26.0. The van der Waals surface area contributed by atoms with Crippen LogP contribution in [0.5, 0.6) is 0 Å². The lowest BCUT2D eigenvalue weighted by Crippen LogP contribution is -2.28. The maximum absolute atomic E-state index is 5.14. The lowest BCUT2D eigenvalue weighted by molar-refractivity contribution is 0.398. The molecule has 3 nitrogen and oxygen atoms in total. The molecule has 98 heavy (non-hydrogen) atoms. The average molecular weight is 1400 g/mol. The number of fused-ring (bicyclic) bond motifs is 6. The molecule has 0 fully saturated rings. The summed E-state index contributed by atoms with van der Waals surface area (Å²) in [7, 11) is 0. The molecular formula is C89H99N3S6. The smallest absolute Gasteiger partial charge is 0.192 e. The summed E-state index contributed by atoms with van der Waals surface area (Å²) in [6.07, 6.45) is 24.2. The Hall–Kier alpha value is -6.17. The lowest BCUT2D eigenvalue weighted by Gasteiger charge is -2.34. The second-order valence-corrected chi connectivity index (χ2v) is 38.0. The Morgan fingerprint density at radius 1 is 0.347 bits per heavy atom. The van der Waals surface area contributed by atoms with E-state index in [0.717, 1.165) is 22.3 Å². The standard InChI is InChI=1S/C89H99N3S6/c1-12-15-18-21-23-26-53-88(54-27-24-22-19-16-13-2)72-56-63(76-47-50-80(94-76)79-46-30-60(5)93-79)35-43-68(72)69-44-36-64(57-73(69)88)77-48-51-81(95-77)82-52-49-78(96-82)65-37-45-71-70-42-29-59(4)55-74(70)89(75(71)58-65,66-38-31-61(32-39-66)28-25-20-17-14-3)67-40-33-62(34-41-67)83-90-84(97-86(6,7)8)92-85(91-83)98-87(9,10)11/h29-52,55-58H,12-28,53-54H2,1-11H3. The largest absolute Gasteiger partial charge is 0.202 e. The van der Waals surface area contributed by atoms with Crippen molar-refractivity contribution in [3.8, 4) is 84.5 Å². The molecule has 5 aromatic heterocycles. The zero-order valence-corrected chi connectivity index (χ0v) is 64.8. The fourth-order valence-corrected chi connectivity index (χ4v) is 21.1. The van der Waals surface area contributed by atoms with Gasteiger partial charge in [-0.15, -0.1) is 45.3 Å². The summed E-state index contributed by atoms with van der Waals surface area (Å²) in [6.45, 7) is 24.8. The molecule has 506 valence electrons. The van der Waals surface area contributed by atoms with Gasteiger partial charge in [-0.1, -0.05) is 291 Å². The maximum Gasteiger partial charge on any atom is 0.192 e. The topological polar surface area (TPSA) is 38.7 Å². The summed E-state index contributed by atoms with van der Waals surface area (Å²) in [5, 5.41) is 1.52. The number of hydrogen-bond acceptors (Lipinski definition) is 9. The van der Waals surface area contributed by atoms with E-state index in [2.05, 4.69) is 246 Å². The van der Waals surface area contributed by atoms with Crippen LogP contribution in [-0.2, 0) is 17.3 Å². The Labute approximate surface area is 611 Å². The molecule has 1 unspecified atom stereocenters. The van der Waals surface area contributed by atoms with Gasteiger partial charge in [0.1, 0.15) is 0 Å². The highest BCUT2D eigenvalue weighted by Crippen LogP contribution is 2.59. The van der Waals surface area contributed by atoms with Gasteiger partial charge in [0.25, 0.3) is 0 Å². The van der Waals surface area contributed by atoms with Crippen LogP contribution in [0.2, 0.25) is 0 Å². The predicted molar refractivity (Wildman–Crippen MR) is 432 cm³/mol. The van der Waals surface area contributed by atoms with Crippen LogP contribution in [0.15, 0.2) is 180 Å². The van der Waals surface area contributed by atoms with Crippen molar-refractivity contribution in [3.05, 3.63) is 219 Å². The Kier molecular flexibility index (Phi) is 21.9. The number of thioether (sulfide) groups is 2. The van der Waals surface area contributed by atoms with Crippen molar-refractivity contribution < 1.29 is 0 Å². The molecule has 9 heteroatoms. The highest BCUT2D eigenvalue weighted by molar-refractivity contribution is 8.01. The van der Waals surface area contributed by atoms with Gasteiger partial charge in [0.15, 0.2) is 16.1 Å². The number of rotatable bonds is 29. The molecule has 11 aromatic rings. The molecule has 0 bridgehead atoms. The third kappa shape index (κ3) is 15.2. The molecule has 0 spiro atoms. The molecule has 0 N–H and O–H groups in total. The van der Waals surface area contributed by atoms with Crippen LogP contribution < -0.4 is 0 Å². The Balaban J connectivity index is 0.858. The second-order valence-electron chi connectivity index (χ2n) is 29.8. The van der Waals surface area contributed by atoms with Gasteiger partial charge < -0.3 is 0 Å². The quantitative estimate of drug-likeness (QED) is 0.0345. The van der Waals surface area contributed by atoms with Crippen LogP contribution in [-0.4, -0.2) is 24.4 Å². The van der Waals surface area contributed by atoms with Gasteiger partial charge in [-0.3, -0.25) is 0 Å². The van der Waals surface area contributed by atoms with Crippen molar-refractivity contribution in [1.82, 2.24) is 15.0 Å². The van der Waals surface area contributed by atoms with Crippen molar-refractivity contribution in [1.29, 1.82) is 0 Å². The average Bonchev–Trinajstić information content (AvgIpc) is 1.54. The zero-order chi connectivity index (χ0) is 68.2. The van der Waals surface area contributed by atoms with Gasteiger partial charge in [-0.2, -0.15) is 4.98 Å². The van der Waals surface area contributed by atoms with E-state index in [0.29, 0.717) is 5.82 Å². The molecule has 1 atom stereocenters. The van der Waals surface area contributed by atoms with Crippen LogP contribution in [0.3, 0.4) is 0 Å². The second kappa shape index (κ2) is 30.6. The first-order valence-electron chi connectivity index (χ1n) is 36.7. The Bertz CT molecular complexity index is 4490. The van der Waals surface area contributed by atoms with E-state index in [4.69, 9.17) is 15.0 Å². The molecule has 0 aliphatic heterocycles. The summed E-state index contributed by atoms with van der Waals surface area (Å²) in [5.74, 6) is 0.712. The minimum atomic E-state index is -0.591. The van der Waals surface area contributed by atoms with Crippen LogP contribution in [0, 0.1) is 13.8 Å². The van der Waals surface area contributed by atoms with E-state index < -0.39 is 5.41 Å². The summed E-state index contributed by atoms with van der Waals surface area (Å²) >= 11 is 11.1. The first-order chi connectivity index (χ1) is 47.4. The first-order valence-corrected chi connectivity index (χ1v) is 41.6. The third-order valence-electron chi connectivity index (χ3n) is 20.1. The van der Waals surface area contributed by atoms with Crippen molar-refractivity contribution in [2.45, 2.75) is 229 Å². The van der Waals surface area contributed by atoms with E-state index in [1.54, 1.807) is 34.7 Å². The van der Waals surface area contributed by atoms with Crippen molar-refractivity contribution in [3.63, 3.8) is 0 Å². The molecule has 6 aromatic carbocycles. The van der Waals surface area contributed by atoms with Gasteiger partial charge >= 0.3 is 0 Å². The molecular weight excluding hydrogens is 1300 g/mol. The number of hydrogen-bond donors (Lipinski definition) is 0. The number of aryl methyl sites for hydroxylation is 3.